The van der Waals surface area contributed by atoms with Gasteiger partial charge in [0.15, 0.2) is 0 Å². The van der Waals surface area contributed by atoms with Gasteiger partial charge in [0.1, 0.15) is 5.65 Å². The van der Waals surface area contributed by atoms with Crippen molar-refractivity contribution in [3.63, 3.8) is 0 Å². The lowest BCUT2D eigenvalue weighted by molar-refractivity contribution is 0.594. The van der Waals surface area contributed by atoms with Crippen molar-refractivity contribution in [1.82, 2.24) is 19.9 Å². The Morgan fingerprint density at radius 3 is 3.12 bits per heavy atom. The Kier molecular flexibility index (Phi) is 3.54. The average Bonchev–Trinajstić information content (AvgIpc) is 3.22. The van der Waals surface area contributed by atoms with E-state index in [2.05, 4.69) is 44.1 Å². The highest BCUT2D eigenvalue weighted by Crippen LogP contribution is 2.31. The molecule has 3 aromatic heterocycles. The lowest BCUT2D eigenvalue weighted by atomic mass is 10.1. The first kappa shape index (κ1) is 15.0. The number of pyridine rings is 1. The van der Waals surface area contributed by atoms with Crippen molar-refractivity contribution in [2.24, 2.45) is 0 Å². The first-order valence-corrected chi connectivity index (χ1v) is 9.09. The Morgan fingerprint density at radius 1 is 1.20 bits per heavy atom. The van der Waals surface area contributed by atoms with Crippen molar-refractivity contribution in [1.29, 1.82) is 0 Å². The number of hydrogen-bond acceptors (Lipinski definition) is 2. The molecule has 5 rings (SSSR count). The van der Waals surface area contributed by atoms with Gasteiger partial charge in [-0.05, 0) is 47.9 Å². The average molecular weight is 351 g/mol. The summed E-state index contributed by atoms with van der Waals surface area (Å²) in [5.74, 6) is 0. The van der Waals surface area contributed by atoms with Crippen LogP contribution in [0.25, 0.3) is 21.9 Å². The van der Waals surface area contributed by atoms with E-state index in [0.29, 0.717) is 0 Å². The first-order chi connectivity index (χ1) is 12.3. The first-order valence-electron chi connectivity index (χ1n) is 8.72. The van der Waals surface area contributed by atoms with Crippen molar-refractivity contribution in [3.8, 4) is 0 Å². The minimum Gasteiger partial charge on any atom is -0.346 e. The molecule has 0 fully saturated rings. The number of hydrogen-bond donors (Lipinski definition) is 2. The van der Waals surface area contributed by atoms with Crippen LogP contribution in [0.3, 0.4) is 0 Å². The number of nitrogens with zero attached hydrogens (tertiary/aromatic N) is 2. The molecule has 2 N–H and O–H groups in total. The molecule has 0 atom stereocenters. The summed E-state index contributed by atoms with van der Waals surface area (Å²) in [5.41, 5.74) is 6.36. The van der Waals surface area contributed by atoms with Gasteiger partial charge in [-0.1, -0.05) is 11.6 Å². The third kappa shape index (κ3) is 2.53. The number of nitrogens with one attached hydrogen (secondary N) is 2. The standard InChI is InChI=1S/C20H19ClN4/c21-15-1-2-18-16(10-15)17-12-22-6-4-19(17)25(18)8-5-13-9-14-3-7-23-20(14)24-11-13/h1-3,7,9-11,22H,4-6,8,12H2,(H,23,24). The third-order valence-corrected chi connectivity index (χ3v) is 5.40. The molecule has 0 bridgehead atoms. The van der Waals surface area contributed by atoms with Crippen molar-refractivity contribution in [2.45, 2.75) is 25.9 Å². The summed E-state index contributed by atoms with van der Waals surface area (Å²) in [5, 5.41) is 6.75. The smallest absolute Gasteiger partial charge is 0.137 e. The van der Waals surface area contributed by atoms with Crippen LogP contribution in [0.5, 0.6) is 0 Å². The molecule has 0 saturated heterocycles. The van der Waals surface area contributed by atoms with Crippen LogP contribution >= 0.6 is 11.6 Å². The van der Waals surface area contributed by atoms with E-state index in [1.807, 2.05) is 18.5 Å². The lowest BCUT2D eigenvalue weighted by Gasteiger charge is -2.17. The number of halogens is 1. The fraction of sp³-hybridized carbons (Fsp3) is 0.250. The fourth-order valence-electron chi connectivity index (χ4n) is 3.97. The topological polar surface area (TPSA) is 45.6 Å². The Morgan fingerprint density at radius 2 is 2.16 bits per heavy atom. The predicted molar refractivity (Wildman–Crippen MR) is 102 cm³/mol. The van der Waals surface area contributed by atoms with Gasteiger partial charge in [0.2, 0.25) is 0 Å². The van der Waals surface area contributed by atoms with Crippen molar-refractivity contribution in [3.05, 3.63) is 64.6 Å². The van der Waals surface area contributed by atoms with Crippen LogP contribution in [-0.4, -0.2) is 21.1 Å². The van der Waals surface area contributed by atoms with E-state index in [0.717, 1.165) is 43.1 Å². The van der Waals surface area contributed by atoms with E-state index in [1.165, 1.54) is 33.1 Å². The molecule has 126 valence electrons. The minimum absolute atomic E-state index is 0.806. The molecule has 0 amide bonds. The zero-order valence-corrected chi connectivity index (χ0v) is 14.6. The number of aromatic amines is 1. The SMILES string of the molecule is Clc1ccc2c(c1)c1c(n2CCc2cnc3[nH]ccc3c2)CCNC1. The van der Waals surface area contributed by atoms with Gasteiger partial charge in [0.05, 0.1) is 0 Å². The van der Waals surface area contributed by atoms with E-state index >= 15 is 0 Å². The largest absolute Gasteiger partial charge is 0.346 e. The molecule has 0 saturated carbocycles. The minimum atomic E-state index is 0.806. The van der Waals surface area contributed by atoms with E-state index in [9.17, 15) is 0 Å². The van der Waals surface area contributed by atoms with Crippen molar-refractivity contribution in [2.75, 3.05) is 6.54 Å². The van der Waals surface area contributed by atoms with Crippen LogP contribution in [0.4, 0.5) is 0 Å². The molecule has 4 aromatic rings. The second-order valence-corrected chi connectivity index (χ2v) is 7.11. The third-order valence-electron chi connectivity index (χ3n) is 5.17. The maximum absolute atomic E-state index is 6.25. The molecule has 1 aliphatic rings. The molecule has 4 nitrogen and oxygen atoms in total. The molecule has 5 heteroatoms. The van der Waals surface area contributed by atoms with Gasteiger partial charge in [-0.25, -0.2) is 4.98 Å². The maximum Gasteiger partial charge on any atom is 0.137 e. The van der Waals surface area contributed by atoms with Crippen LogP contribution in [0, 0.1) is 0 Å². The van der Waals surface area contributed by atoms with Crippen LogP contribution in [-0.2, 0) is 25.9 Å². The second-order valence-electron chi connectivity index (χ2n) is 6.67. The van der Waals surface area contributed by atoms with Gasteiger partial charge in [0.25, 0.3) is 0 Å². The monoisotopic (exact) mass is 350 g/mol. The summed E-state index contributed by atoms with van der Waals surface area (Å²) in [7, 11) is 0. The normalized spacial score (nSPS) is 14.3. The number of aromatic nitrogens is 3. The van der Waals surface area contributed by atoms with Crippen LogP contribution in [0.2, 0.25) is 5.02 Å². The highest BCUT2D eigenvalue weighted by molar-refractivity contribution is 6.31. The zero-order chi connectivity index (χ0) is 16.8. The fourth-order valence-corrected chi connectivity index (χ4v) is 4.14. The van der Waals surface area contributed by atoms with Gasteiger partial charge in [-0.2, -0.15) is 0 Å². The molecule has 0 aliphatic carbocycles. The van der Waals surface area contributed by atoms with Gasteiger partial charge in [0, 0.05) is 65.5 Å². The van der Waals surface area contributed by atoms with Crippen LogP contribution in [0.1, 0.15) is 16.8 Å². The van der Waals surface area contributed by atoms with Crippen LogP contribution in [0.15, 0.2) is 42.7 Å². The molecule has 0 unspecified atom stereocenters. The Hall–Kier alpha value is -2.30. The lowest BCUT2D eigenvalue weighted by Crippen LogP contribution is -2.24. The summed E-state index contributed by atoms with van der Waals surface area (Å²) in [6, 6.07) is 10.6. The van der Waals surface area contributed by atoms with Crippen molar-refractivity contribution >= 4 is 33.5 Å². The summed E-state index contributed by atoms with van der Waals surface area (Å²) in [4.78, 5) is 7.66. The Labute approximate surface area is 150 Å². The van der Waals surface area contributed by atoms with Crippen LogP contribution < -0.4 is 5.32 Å². The second kappa shape index (κ2) is 5.90. The number of H-pyrrole nitrogens is 1. The summed E-state index contributed by atoms with van der Waals surface area (Å²) >= 11 is 6.25. The quantitative estimate of drug-likeness (QED) is 0.585. The van der Waals surface area contributed by atoms with E-state index < -0.39 is 0 Å². The van der Waals surface area contributed by atoms with Crippen molar-refractivity contribution < 1.29 is 0 Å². The number of benzene rings is 1. The molecule has 4 heterocycles. The summed E-state index contributed by atoms with van der Waals surface area (Å²) in [6.07, 6.45) is 5.96. The van der Waals surface area contributed by atoms with Gasteiger partial charge >= 0.3 is 0 Å². The molecule has 1 aliphatic heterocycles. The Balaban J connectivity index is 1.53. The van der Waals surface area contributed by atoms with Gasteiger partial charge < -0.3 is 14.9 Å². The number of rotatable bonds is 3. The molecular weight excluding hydrogens is 332 g/mol. The molecule has 1 aromatic carbocycles. The maximum atomic E-state index is 6.25. The Bertz CT molecular complexity index is 1080. The van der Waals surface area contributed by atoms with Gasteiger partial charge in [-0.15, -0.1) is 0 Å². The zero-order valence-electron chi connectivity index (χ0n) is 13.8. The highest BCUT2D eigenvalue weighted by Gasteiger charge is 2.19. The summed E-state index contributed by atoms with van der Waals surface area (Å²) in [6.45, 7) is 2.93. The predicted octanol–water partition coefficient (Wildman–Crippen LogP) is 4.06. The molecular formula is C20H19ClN4. The summed E-state index contributed by atoms with van der Waals surface area (Å²) < 4.78 is 2.48. The van der Waals surface area contributed by atoms with E-state index in [4.69, 9.17) is 11.6 Å². The molecule has 0 radical (unpaired) electrons. The van der Waals surface area contributed by atoms with Gasteiger partial charge in [-0.3, -0.25) is 0 Å². The van der Waals surface area contributed by atoms with E-state index in [-0.39, 0.29) is 0 Å². The number of fused-ring (bicyclic) bond motifs is 4. The molecule has 25 heavy (non-hydrogen) atoms. The molecule has 0 spiro atoms. The van der Waals surface area contributed by atoms with E-state index in [1.54, 1.807) is 0 Å². The highest BCUT2D eigenvalue weighted by atomic mass is 35.5. The number of aryl methyl sites for hydroxylation is 2.